The van der Waals surface area contributed by atoms with Crippen molar-refractivity contribution in [1.29, 1.82) is 0 Å². The molecule has 0 aromatic heterocycles. The van der Waals surface area contributed by atoms with E-state index in [1.165, 1.54) is 0 Å². The fraction of sp³-hybridized carbons (Fsp3) is 1.00. The molecule has 0 atom stereocenters. The number of ether oxygens (including phenoxy) is 1. The molecule has 0 aliphatic heterocycles. The minimum atomic E-state index is -0.429. The van der Waals surface area contributed by atoms with E-state index in [9.17, 15) is 0 Å². The molecule has 0 aliphatic rings. The maximum absolute atomic E-state index is 4.91. The Labute approximate surface area is 153 Å². The van der Waals surface area contributed by atoms with Crippen LogP contribution in [0.1, 0.15) is 19.8 Å². The Morgan fingerprint density at radius 3 is 1.77 bits per heavy atom. The molecule has 0 rings (SSSR count). The maximum Gasteiger partial charge on any atom is 1.00 e. The van der Waals surface area contributed by atoms with E-state index in [4.69, 9.17) is 4.74 Å². The maximum atomic E-state index is 4.91. The summed E-state index contributed by atoms with van der Waals surface area (Å²) in [5.41, 5.74) is 0. The normalized spacial score (nSPS) is 6.46. The van der Waals surface area contributed by atoms with Gasteiger partial charge in [-0.25, -0.2) is 0 Å². The van der Waals surface area contributed by atoms with Crippen LogP contribution in [0.2, 0.25) is 0 Å². The van der Waals surface area contributed by atoms with E-state index in [0.717, 1.165) is 12.8 Å². The van der Waals surface area contributed by atoms with Crippen molar-refractivity contribution < 1.29 is 71.9 Å². The van der Waals surface area contributed by atoms with Crippen LogP contribution in [0.25, 0.3) is 0 Å². The zero-order valence-electron chi connectivity index (χ0n) is 6.72. The fourth-order valence-corrected chi connectivity index (χ4v) is 0.516. The third kappa shape index (κ3) is 39.0. The van der Waals surface area contributed by atoms with Crippen molar-refractivity contribution >= 4 is 52.2 Å². The fourth-order valence-electron chi connectivity index (χ4n) is 0.324. The quantitative estimate of drug-likeness (QED) is 0.224. The van der Waals surface area contributed by atoms with Gasteiger partial charge in [0.2, 0.25) is 0 Å². The Balaban J connectivity index is -0.0000000245. The summed E-state index contributed by atoms with van der Waals surface area (Å²) >= 11 is 9.17. The summed E-state index contributed by atoms with van der Waals surface area (Å²) in [7, 11) is 0. The Bertz CT molecular complexity index is 61.0. The van der Waals surface area contributed by atoms with Crippen molar-refractivity contribution in [3.05, 3.63) is 0 Å². The predicted octanol–water partition coefficient (Wildman–Crippen LogP) is 0.633. The molecular formula is C5H12Ag3OS4-3. The molecule has 0 aliphatic carbocycles. The average molecular weight is 540 g/mol. The molecule has 0 unspecified atom stereocenters. The molecular weight excluding hydrogens is 528 g/mol. The van der Waals surface area contributed by atoms with Crippen molar-refractivity contribution in [2.45, 2.75) is 24.5 Å². The van der Waals surface area contributed by atoms with Gasteiger partial charge in [-0.3, -0.25) is 0 Å². The number of unbranched alkanes of at least 4 members (excludes halogenated alkanes) is 1. The van der Waals surface area contributed by atoms with Crippen LogP contribution in [0.5, 0.6) is 0 Å². The van der Waals surface area contributed by atoms with E-state index >= 15 is 0 Å². The van der Waals surface area contributed by atoms with Gasteiger partial charge >= 0.3 is 22.4 Å². The van der Waals surface area contributed by atoms with Crippen LogP contribution in [0.4, 0.5) is 0 Å². The van der Waals surface area contributed by atoms with Crippen molar-refractivity contribution in [3.63, 3.8) is 0 Å². The molecule has 0 heterocycles. The van der Waals surface area contributed by atoms with Gasteiger partial charge in [0.25, 0.3) is 0 Å². The second kappa shape index (κ2) is 29.6. The first-order valence-electron chi connectivity index (χ1n) is 2.70. The van der Waals surface area contributed by atoms with Crippen LogP contribution in [-0.4, -0.2) is 11.4 Å². The van der Waals surface area contributed by atoms with Gasteiger partial charge in [0.05, 0.1) is 0 Å². The van der Waals surface area contributed by atoms with Crippen LogP contribution in [0.3, 0.4) is 0 Å². The van der Waals surface area contributed by atoms with Gasteiger partial charge < -0.3 is 57.0 Å². The molecule has 0 bridgehead atoms. The van der Waals surface area contributed by atoms with Gasteiger partial charge in [-0.05, 0) is 6.42 Å². The third-order valence-electron chi connectivity index (χ3n) is 0.752. The van der Waals surface area contributed by atoms with Crippen molar-refractivity contribution in [2.75, 3.05) is 6.61 Å². The molecule has 0 saturated carbocycles. The smallest absolute Gasteiger partial charge is 0.813 e. The molecule has 98 valence electrons. The zero-order valence-corrected chi connectivity index (χ0v) is 14.6. The van der Waals surface area contributed by atoms with Gasteiger partial charge in [0.1, 0.15) is 0 Å². The molecule has 0 aromatic carbocycles. The van der Waals surface area contributed by atoms with Crippen LogP contribution in [-0.2, 0) is 124 Å². The molecule has 8 heteroatoms. The minimum Gasteiger partial charge on any atom is -0.813 e. The van der Waals surface area contributed by atoms with E-state index in [1.54, 1.807) is 0 Å². The van der Waals surface area contributed by atoms with E-state index in [-0.39, 0.29) is 94.1 Å². The number of thiol groups is 2. The number of hydrogen-bond acceptors (Lipinski definition) is 5. The predicted molar refractivity (Wildman–Crippen MR) is 56.9 cm³/mol. The Morgan fingerprint density at radius 2 is 1.54 bits per heavy atom. The van der Waals surface area contributed by atoms with Crippen molar-refractivity contribution in [3.8, 4) is 0 Å². The summed E-state index contributed by atoms with van der Waals surface area (Å²) in [6, 6.07) is 0. The van der Waals surface area contributed by atoms with Gasteiger partial charge in [-0.1, -0.05) is 13.3 Å². The van der Waals surface area contributed by atoms with Crippen molar-refractivity contribution in [1.82, 2.24) is 0 Å². The average Bonchev–Trinajstić information content (AvgIpc) is 1.66. The standard InChI is InChI=1S/C5H12OS2.3Ag.2H2S/c1-2-3-4-6-5(7)8;;;;;/h5,7-8H,2-4H2,1H3;;;;2*1H2/q;;;+1;;/p-4. The molecule has 0 amide bonds. The third-order valence-corrected chi connectivity index (χ3v) is 1.02. The van der Waals surface area contributed by atoms with Gasteiger partial charge in [0.15, 0.2) is 0 Å². The van der Waals surface area contributed by atoms with Crippen LogP contribution in [0.15, 0.2) is 0 Å². The van der Waals surface area contributed by atoms with Crippen molar-refractivity contribution in [2.24, 2.45) is 0 Å². The Hall–Kier alpha value is 3.58. The number of hydrogen-bond donors (Lipinski definition) is 0. The summed E-state index contributed by atoms with van der Waals surface area (Å²) in [6.07, 6.45) is 2.20. The molecule has 1 nitrogen and oxygen atoms in total. The van der Waals surface area contributed by atoms with Gasteiger partial charge in [-0.15, -0.1) is 0 Å². The van der Waals surface area contributed by atoms with E-state index in [2.05, 4.69) is 32.2 Å². The van der Waals surface area contributed by atoms with Gasteiger partial charge in [-0.2, -0.15) is 4.77 Å². The second-order valence-electron chi connectivity index (χ2n) is 1.51. The summed E-state index contributed by atoms with van der Waals surface area (Å²) in [5.74, 6) is 0. The first-order chi connectivity index (χ1) is 3.77. The zero-order chi connectivity index (χ0) is 6.41. The first-order valence-corrected chi connectivity index (χ1v) is 3.65. The molecule has 0 spiro atoms. The molecule has 0 N–H and O–H groups in total. The molecule has 0 aromatic rings. The summed E-state index contributed by atoms with van der Waals surface area (Å²) in [5, 5.41) is 0. The molecule has 2 radical (unpaired) electrons. The van der Waals surface area contributed by atoms with Crippen LogP contribution < -0.4 is 0 Å². The van der Waals surface area contributed by atoms with Crippen LogP contribution >= 0.6 is 0 Å². The Kier molecular flexibility index (Phi) is 81.8. The van der Waals surface area contributed by atoms with E-state index in [1.807, 2.05) is 0 Å². The van der Waals surface area contributed by atoms with E-state index in [0.29, 0.717) is 6.61 Å². The van der Waals surface area contributed by atoms with Crippen LogP contribution in [0, 0.1) is 0 Å². The molecule has 13 heavy (non-hydrogen) atoms. The minimum absolute atomic E-state index is 0. The topological polar surface area (TPSA) is 9.23 Å². The SMILES string of the molecule is CCCCOC([S-])[S-].[Ag+].[Ag].[Ag].[SH-].[SH-]. The monoisotopic (exact) mass is 537 g/mol. The Morgan fingerprint density at radius 1 is 1.15 bits per heavy atom. The summed E-state index contributed by atoms with van der Waals surface area (Å²) in [4.78, 5) is 0. The summed E-state index contributed by atoms with van der Waals surface area (Å²) in [6.45, 7) is 2.82. The van der Waals surface area contributed by atoms with E-state index < -0.39 is 4.77 Å². The van der Waals surface area contributed by atoms with Gasteiger partial charge in [0, 0.05) is 51.4 Å². The first kappa shape index (κ1) is 36.0. The number of rotatable bonds is 4. The molecule has 0 saturated heterocycles. The molecule has 0 fully saturated rings. The second-order valence-corrected chi connectivity index (χ2v) is 2.67. The largest absolute Gasteiger partial charge is 1.00 e. The summed E-state index contributed by atoms with van der Waals surface area (Å²) < 4.78 is 4.48.